The van der Waals surface area contributed by atoms with Crippen molar-refractivity contribution in [3.05, 3.63) is 70.7 Å². The van der Waals surface area contributed by atoms with E-state index in [1.165, 1.54) is 0 Å². The lowest BCUT2D eigenvalue weighted by Gasteiger charge is -2.06. The summed E-state index contributed by atoms with van der Waals surface area (Å²) in [7, 11) is -3.70. The Bertz CT molecular complexity index is 1060. The highest BCUT2D eigenvalue weighted by Gasteiger charge is 2.16. The maximum absolute atomic E-state index is 12.4. The van der Waals surface area contributed by atoms with Gasteiger partial charge in [0.1, 0.15) is 0 Å². The third-order valence-corrected chi connectivity index (χ3v) is 6.04. The normalized spacial score (nSPS) is 11.2. The van der Waals surface area contributed by atoms with Crippen molar-refractivity contribution in [1.29, 1.82) is 0 Å². The minimum atomic E-state index is -3.70. The molecule has 1 heterocycles. The molecule has 8 heteroatoms. The molecule has 140 valence electrons. The van der Waals surface area contributed by atoms with E-state index in [9.17, 15) is 13.2 Å². The molecule has 2 aromatic carbocycles. The summed E-state index contributed by atoms with van der Waals surface area (Å²) >= 11 is 1.14. The first-order valence-corrected chi connectivity index (χ1v) is 10.6. The Morgan fingerprint density at radius 1 is 1.07 bits per heavy atom. The number of nitrogens with one attached hydrogen (secondary N) is 2. The van der Waals surface area contributed by atoms with Gasteiger partial charge in [-0.2, -0.15) is 0 Å². The smallest absolute Gasteiger partial charge is 0.263 e. The van der Waals surface area contributed by atoms with Crippen LogP contribution in [0.25, 0.3) is 0 Å². The van der Waals surface area contributed by atoms with E-state index in [4.69, 9.17) is 0 Å². The van der Waals surface area contributed by atoms with Crippen molar-refractivity contribution in [2.24, 2.45) is 0 Å². The lowest BCUT2D eigenvalue weighted by molar-refractivity contribution is -0.115. The number of sulfonamides is 1. The summed E-state index contributed by atoms with van der Waals surface area (Å²) in [6, 6.07) is 14.1. The fourth-order valence-electron chi connectivity index (χ4n) is 2.42. The van der Waals surface area contributed by atoms with Gasteiger partial charge in [-0.15, -0.1) is 11.3 Å². The van der Waals surface area contributed by atoms with Gasteiger partial charge < -0.3 is 5.32 Å². The lowest BCUT2D eigenvalue weighted by atomic mass is 10.2. The number of benzene rings is 2. The monoisotopic (exact) mass is 401 g/mol. The number of hydrogen-bond donors (Lipinski definition) is 2. The molecule has 3 rings (SSSR count). The van der Waals surface area contributed by atoms with Crippen LogP contribution in [0, 0.1) is 13.8 Å². The summed E-state index contributed by atoms with van der Waals surface area (Å²) in [4.78, 5) is 16.5. The van der Waals surface area contributed by atoms with Crippen LogP contribution in [-0.4, -0.2) is 19.3 Å². The van der Waals surface area contributed by atoms with Crippen LogP contribution in [0.4, 0.5) is 10.8 Å². The molecule has 1 amide bonds. The van der Waals surface area contributed by atoms with Crippen LogP contribution in [-0.2, 0) is 21.2 Å². The van der Waals surface area contributed by atoms with E-state index in [0.717, 1.165) is 28.2 Å². The van der Waals surface area contributed by atoms with Gasteiger partial charge >= 0.3 is 0 Å². The third-order valence-electron chi connectivity index (χ3n) is 3.75. The number of nitrogens with zero attached hydrogens (tertiary/aromatic N) is 1. The summed E-state index contributed by atoms with van der Waals surface area (Å²) in [5.74, 6) is -0.209. The number of rotatable bonds is 6. The number of carbonyl (C=O) groups is 1. The van der Waals surface area contributed by atoms with Gasteiger partial charge in [-0.3, -0.25) is 9.52 Å². The van der Waals surface area contributed by atoms with Crippen LogP contribution in [0.3, 0.4) is 0 Å². The molecule has 0 unspecified atom stereocenters. The molecule has 0 aliphatic carbocycles. The van der Waals surface area contributed by atoms with E-state index in [1.54, 1.807) is 29.6 Å². The first-order valence-electron chi connectivity index (χ1n) is 8.22. The number of carbonyl (C=O) groups excluding carboxylic acids is 1. The molecule has 0 saturated carbocycles. The number of thiazole rings is 1. The fraction of sp³-hybridized carbons (Fsp3) is 0.158. The van der Waals surface area contributed by atoms with Gasteiger partial charge in [-0.25, -0.2) is 13.4 Å². The van der Waals surface area contributed by atoms with Crippen LogP contribution in [0.15, 0.2) is 58.8 Å². The largest absolute Gasteiger partial charge is 0.326 e. The minimum absolute atomic E-state index is 0.0662. The average Bonchev–Trinajstić information content (AvgIpc) is 3.01. The molecule has 0 bridgehead atoms. The molecular weight excluding hydrogens is 382 g/mol. The average molecular weight is 402 g/mol. The summed E-state index contributed by atoms with van der Waals surface area (Å²) in [5.41, 5.74) is 3.25. The second-order valence-corrected chi connectivity index (χ2v) is 8.70. The first kappa shape index (κ1) is 19.1. The van der Waals surface area contributed by atoms with Crippen LogP contribution in [0.5, 0.6) is 0 Å². The topological polar surface area (TPSA) is 88.2 Å². The second-order valence-electron chi connectivity index (χ2n) is 6.16. The SMILES string of the molecule is Cc1ccc(S(=O)(=O)Nc2nc(CC(=O)Nc3cccc(C)c3)cs2)cc1. The van der Waals surface area contributed by atoms with Crippen LogP contribution in [0.2, 0.25) is 0 Å². The zero-order valence-corrected chi connectivity index (χ0v) is 16.5. The van der Waals surface area contributed by atoms with Crippen molar-refractivity contribution in [2.75, 3.05) is 10.0 Å². The Labute approximate surface area is 162 Å². The molecule has 0 fully saturated rings. The quantitative estimate of drug-likeness (QED) is 0.659. The van der Waals surface area contributed by atoms with Gasteiger partial charge in [0.2, 0.25) is 5.91 Å². The Balaban J connectivity index is 1.64. The Hall–Kier alpha value is -2.71. The predicted molar refractivity (Wildman–Crippen MR) is 108 cm³/mol. The molecular formula is C19H19N3O3S2. The molecule has 0 aliphatic heterocycles. The van der Waals surface area contributed by atoms with Crippen LogP contribution < -0.4 is 10.0 Å². The Morgan fingerprint density at radius 2 is 1.81 bits per heavy atom. The number of hydrogen-bond acceptors (Lipinski definition) is 5. The molecule has 0 aliphatic rings. The molecule has 0 atom stereocenters. The number of aromatic nitrogens is 1. The zero-order valence-electron chi connectivity index (χ0n) is 14.9. The van der Waals surface area contributed by atoms with E-state index < -0.39 is 10.0 Å². The van der Waals surface area contributed by atoms with Gasteiger partial charge in [0.15, 0.2) is 5.13 Å². The molecule has 0 spiro atoms. The van der Waals surface area contributed by atoms with Crippen molar-refractivity contribution in [3.8, 4) is 0 Å². The Morgan fingerprint density at radius 3 is 2.52 bits per heavy atom. The van der Waals surface area contributed by atoms with E-state index in [1.807, 2.05) is 38.1 Å². The summed E-state index contributed by atoms with van der Waals surface area (Å²) in [5, 5.41) is 4.71. The van der Waals surface area contributed by atoms with Crippen LogP contribution in [0.1, 0.15) is 16.8 Å². The second kappa shape index (κ2) is 7.89. The maximum Gasteiger partial charge on any atom is 0.263 e. The zero-order chi connectivity index (χ0) is 19.4. The first-order chi connectivity index (χ1) is 12.8. The van der Waals surface area contributed by atoms with E-state index in [0.29, 0.717) is 5.69 Å². The van der Waals surface area contributed by atoms with Gasteiger partial charge in [-0.05, 0) is 43.7 Å². The van der Waals surface area contributed by atoms with E-state index in [-0.39, 0.29) is 22.4 Å². The van der Waals surface area contributed by atoms with Crippen molar-refractivity contribution >= 4 is 38.1 Å². The number of aryl methyl sites for hydroxylation is 2. The summed E-state index contributed by atoms with van der Waals surface area (Å²) in [6.07, 6.45) is 0.0662. The van der Waals surface area contributed by atoms with Crippen molar-refractivity contribution in [3.63, 3.8) is 0 Å². The highest BCUT2D eigenvalue weighted by atomic mass is 32.2. The van der Waals surface area contributed by atoms with Crippen molar-refractivity contribution < 1.29 is 13.2 Å². The van der Waals surface area contributed by atoms with Crippen molar-refractivity contribution in [2.45, 2.75) is 25.2 Å². The molecule has 1 aromatic heterocycles. The van der Waals surface area contributed by atoms with Gasteiger partial charge in [0.25, 0.3) is 10.0 Å². The van der Waals surface area contributed by atoms with Crippen molar-refractivity contribution in [1.82, 2.24) is 4.98 Å². The van der Waals surface area contributed by atoms with Gasteiger partial charge in [0, 0.05) is 11.1 Å². The number of amides is 1. The summed E-state index contributed by atoms with van der Waals surface area (Å²) in [6.45, 7) is 3.83. The maximum atomic E-state index is 12.4. The molecule has 0 saturated heterocycles. The standard InChI is InChI=1S/C19H19N3O3S2/c1-13-6-8-17(9-7-13)27(24,25)22-19-21-16(12-26-19)11-18(23)20-15-5-3-4-14(2)10-15/h3-10,12H,11H2,1-2H3,(H,20,23)(H,21,22). The molecule has 2 N–H and O–H groups in total. The molecule has 0 radical (unpaired) electrons. The van der Waals surface area contributed by atoms with Gasteiger partial charge in [0.05, 0.1) is 17.0 Å². The third kappa shape index (κ3) is 5.15. The molecule has 6 nitrogen and oxygen atoms in total. The lowest BCUT2D eigenvalue weighted by Crippen LogP contribution is -2.15. The molecule has 27 heavy (non-hydrogen) atoms. The fourth-order valence-corrected chi connectivity index (χ4v) is 4.38. The van der Waals surface area contributed by atoms with E-state index in [2.05, 4.69) is 15.0 Å². The highest BCUT2D eigenvalue weighted by molar-refractivity contribution is 7.93. The van der Waals surface area contributed by atoms with Gasteiger partial charge in [-0.1, -0.05) is 29.8 Å². The number of anilines is 2. The minimum Gasteiger partial charge on any atom is -0.326 e. The predicted octanol–water partition coefficient (Wildman–Crippen LogP) is 3.74. The van der Waals surface area contributed by atoms with Crippen LogP contribution >= 0.6 is 11.3 Å². The van der Waals surface area contributed by atoms with E-state index >= 15 is 0 Å². The highest BCUT2D eigenvalue weighted by Crippen LogP contribution is 2.21. The molecule has 3 aromatic rings. The summed E-state index contributed by atoms with van der Waals surface area (Å²) < 4.78 is 27.2. The Kier molecular flexibility index (Phi) is 5.57.